The van der Waals surface area contributed by atoms with Crippen molar-refractivity contribution in [1.82, 2.24) is 14.5 Å². The van der Waals surface area contributed by atoms with Crippen LogP contribution in [0.2, 0.25) is 0 Å². The van der Waals surface area contributed by atoms with E-state index in [9.17, 15) is 4.39 Å². The highest BCUT2D eigenvalue weighted by Crippen LogP contribution is 2.34. The van der Waals surface area contributed by atoms with Crippen molar-refractivity contribution in [1.29, 1.82) is 0 Å². The maximum absolute atomic E-state index is 13.9. The molecular formula is C23H26FN3. The van der Waals surface area contributed by atoms with Gasteiger partial charge in [0.15, 0.2) is 0 Å². The number of aromatic nitrogens is 2. The van der Waals surface area contributed by atoms with Crippen molar-refractivity contribution in [2.24, 2.45) is 0 Å². The van der Waals surface area contributed by atoms with Crippen LogP contribution < -0.4 is 0 Å². The molecule has 140 valence electrons. The summed E-state index contributed by atoms with van der Waals surface area (Å²) in [4.78, 5) is 7.36. The fourth-order valence-electron chi connectivity index (χ4n) is 4.95. The van der Waals surface area contributed by atoms with Gasteiger partial charge in [-0.15, -0.1) is 0 Å². The zero-order chi connectivity index (χ0) is 18.4. The standard InChI is InChI=1S/C23H26FN3/c1-16-7-8-19-13-20(24)14-21-23(19)27(16)22(25-21)15-26-11-9-18(10-12-26)17-5-3-2-4-6-17/h2-6,13-14,16,18H,7-12,15H2,1H3/t16-/m0/s1. The zero-order valence-corrected chi connectivity index (χ0v) is 15.9. The van der Waals surface area contributed by atoms with Gasteiger partial charge in [0.2, 0.25) is 0 Å². The molecule has 0 radical (unpaired) electrons. The second-order valence-corrected chi connectivity index (χ2v) is 8.18. The summed E-state index contributed by atoms with van der Waals surface area (Å²) in [5.41, 5.74) is 4.56. The Morgan fingerprint density at radius 2 is 1.85 bits per heavy atom. The highest BCUT2D eigenvalue weighted by molar-refractivity contribution is 5.80. The molecule has 2 aliphatic heterocycles. The lowest BCUT2D eigenvalue weighted by Crippen LogP contribution is -2.33. The first-order valence-electron chi connectivity index (χ1n) is 10.2. The Bertz CT molecular complexity index is 955. The van der Waals surface area contributed by atoms with Gasteiger partial charge in [-0.3, -0.25) is 4.90 Å². The number of hydrogen-bond acceptors (Lipinski definition) is 2. The molecule has 2 aliphatic rings. The number of hydrogen-bond donors (Lipinski definition) is 0. The molecule has 4 heteroatoms. The van der Waals surface area contributed by atoms with E-state index in [0.29, 0.717) is 12.0 Å². The first kappa shape index (κ1) is 16.9. The molecule has 1 atom stereocenters. The minimum Gasteiger partial charge on any atom is -0.324 e. The van der Waals surface area contributed by atoms with Crippen molar-refractivity contribution in [2.45, 2.75) is 51.1 Å². The number of imidazole rings is 1. The topological polar surface area (TPSA) is 21.1 Å². The van der Waals surface area contributed by atoms with E-state index in [1.165, 1.54) is 18.4 Å². The van der Waals surface area contributed by atoms with Crippen molar-refractivity contribution >= 4 is 11.0 Å². The van der Waals surface area contributed by atoms with E-state index in [1.807, 2.05) is 0 Å². The van der Waals surface area contributed by atoms with E-state index in [4.69, 9.17) is 4.98 Å². The lowest BCUT2D eigenvalue weighted by atomic mass is 9.89. The summed E-state index contributed by atoms with van der Waals surface area (Å²) in [6, 6.07) is 14.6. The summed E-state index contributed by atoms with van der Waals surface area (Å²) in [7, 11) is 0. The van der Waals surface area contributed by atoms with Gasteiger partial charge in [-0.1, -0.05) is 30.3 Å². The van der Waals surface area contributed by atoms with Crippen LogP contribution in [0.5, 0.6) is 0 Å². The van der Waals surface area contributed by atoms with Crippen LogP contribution in [0.25, 0.3) is 11.0 Å². The zero-order valence-electron chi connectivity index (χ0n) is 15.9. The molecule has 0 spiro atoms. The summed E-state index contributed by atoms with van der Waals surface area (Å²) in [6.07, 6.45) is 4.40. The molecule has 0 saturated carbocycles. The second kappa shape index (κ2) is 6.75. The normalized spacial score (nSPS) is 21.0. The molecule has 1 aromatic heterocycles. The van der Waals surface area contributed by atoms with Crippen LogP contribution in [-0.4, -0.2) is 27.5 Å². The molecule has 0 aliphatic carbocycles. The van der Waals surface area contributed by atoms with E-state index in [1.54, 1.807) is 12.1 Å². The molecule has 3 heterocycles. The number of halogens is 1. The van der Waals surface area contributed by atoms with Gasteiger partial charge < -0.3 is 4.57 Å². The number of likely N-dealkylation sites (tertiary alicyclic amines) is 1. The quantitative estimate of drug-likeness (QED) is 0.648. The number of benzene rings is 2. The Labute approximate surface area is 159 Å². The molecule has 2 aromatic carbocycles. The molecule has 0 bridgehead atoms. The van der Waals surface area contributed by atoms with Gasteiger partial charge in [-0.2, -0.15) is 0 Å². The first-order valence-corrected chi connectivity index (χ1v) is 10.2. The molecule has 3 nitrogen and oxygen atoms in total. The molecule has 0 N–H and O–H groups in total. The average molecular weight is 363 g/mol. The Balaban J connectivity index is 1.37. The second-order valence-electron chi connectivity index (χ2n) is 8.18. The van der Waals surface area contributed by atoms with Crippen LogP contribution in [0.4, 0.5) is 4.39 Å². The monoisotopic (exact) mass is 363 g/mol. The number of piperidine rings is 1. The fraction of sp³-hybridized carbons (Fsp3) is 0.435. The Hall–Kier alpha value is -2.20. The third-order valence-corrected chi connectivity index (χ3v) is 6.40. The van der Waals surface area contributed by atoms with Crippen LogP contribution in [-0.2, 0) is 13.0 Å². The van der Waals surface area contributed by atoms with E-state index in [2.05, 4.69) is 46.7 Å². The van der Waals surface area contributed by atoms with Crippen LogP contribution in [0.3, 0.4) is 0 Å². The summed E-state index contributed by atoms with van der Waals surface area (Å²) in [6.45, 7) is 5.32. The Morgan fingerprint density at radius 3 is 2.63 bits per heavy atom. The van der Waals surface area contributed by atoms with Gasteiger partial charge >= 0.3 is 0 Å². The SMILES string of the molecule is C[C@H]1CCc2cc(F)cc3nc(CN4CCC(c5ccccc5)CC4)n1c23. The predicted octanol–water partition coefficient (Wildman–Crippen LogP) is 5.06. The lowest BCUT2D eigenvalue weighted by Gasteiger charge is -2.32. The van der Waals surface area contributed by atoms with E-state index in [-0.39, 0.29) is 5.82 Å². The first-order chi connectivity index (χ1) is 13.2. The van der Waals surface area contributed by atoms with Gasteiger partial charge in [0.25, 0.3) is 0 Å². The fourth-order valence-corrected chi connectivity index (χ4v) is 4.95. The summed E-state index contributed by atoms with van der Waals surface area (Å²) < 4.78 is 16.3. The molecule has 0 unspecified atom stereocenters. The number of nitrogens with zero attached hydrogens (tertiary/aromatic N) is 3. The van der Waals surface area contributed by atoms with Crippen molar-refractivity contribution in [3.05, 3.63) is 65.2 Å². The van der Waals surface area contributed by atoms with Crippen LogP contribution >= 0.6 is 0 Å². The molecule has 27 heavy (non-hydrogen) atoms. The van der Waals surface area contributed by atoms with E-state index < -0.39 is 0 Å². The summed E-state index contributed by atoms with van der Waals surface area (Å²) >= 11 is 0. The molecular weight excluding hydrogens is 337 g/mol. The third kappa shape index (κ3) is 3.06. The third-order valence-electron chi connectivity index (χ3n) is 6.40. The number of rotatable bonds is 3. The Kier molecular flexibility index (Phi) is 4.24. The summed E-state index contributed by atoms with van der Waals surface area (Å²) in [5.74, 6) is 1.61. The molecule has 3 aromatic rings. The number of aryl methyl sites for hydroxylation is 1. The van der Waals surface area contributed by atoms with Crippen molar-refractivity contribution in [2.75, 3.05) is 13.1 Å². The smallest absolute Gasteiger partial charge is 0.125 e. The van der Waals surface area contributed by atoms with Crippen molar-refractivity contribution in [3.63, 3.8) is 0 Å². The van der Waals surface area contributed by atoms with Gasteiger partial charge in [0, 0.05) is 12.1 Å². The van der Waals surface area contributed by atoms with Gasteiger partial charge in [-0.05, 0) is 68.8 Å². The minimum absolute atomic E-state index is 0.160. The molecule has 1 saturated heterocycles. The average Bonchev–Trinajstić information content (AvgIpc) is 3.05. The largest absolute Gasteiger partial charge is 0.324 e. The molecule has 5 rings (SSSR count). The van der Waals surface area contributed by atoms with Crippen molar-refractivity contribution < 1.29 is 4.39 Å². The lowest BCUT2D eigenvalue weighted by molar-refractivity contribution is 0.196. The van der Waals surface area contributed by atoms with Crippen LogP contribution in [0.15, 0.2) is 42.5 Å². The van der Waals surface area contributed by atoms with Gasteiger partial charge in [0.1, 0.15) is 11.6 Å². The predicted molar refractivity (Wildman–Crippen MR) is 106 cm³/mol. The summed E-state index contributed by atoms with van der Waals surface area (Å²) in [5, 5.41) is 0. The Morgan fingerprint density at radius 1 is 1.07 bits per heavy atom. The van der Waals surface area contributed by atoms with E-state index in [0.717, 1.165) is 54.9 Å². The highest BCUT2D eigenvalue weighted by atomic mass is 19.1. The van der Waals surface area contributed by atoms with Crippen molar-refractivity contribution in [3.8, 4) is 0 Å². The maximum atomic E-state index is 13.9. The van der Waals surface area contributed by atoms with Gasteiger partial charge in [-0.25, -0.2) is 9.37 Å². The van der Waals surface area contributed by atoms with Crippen LogP contribution in [0.1, 0.15) is 55.1 Å². The molecule has 0 amide bonds. The van der Waals surface area contributed by atoms with Crippen LogP contribution in [0, 0.1) is 5.82 Å². The maximum Gasteiger partial charge on any atom is 0.125 e. The highest BCUT2D eigenvalue weighted by Gasteiger charge is 2.26. The van der Waals surface area contributed by atoms with E-state index >= 15 is 0 Å². The van der Waals surface area contributed by atoms with Gasteiger partial charge in [0.05, 0.1) is 17.6 Å². The molecule has 1 fully saturated rings. The minimum atomic E-state index is -0.160.